The third-order valence-electron chi connectivity index (χ3n) is 3.73. The van der Waals surface area contributed by atoms with Crippen LogP contribution in [-0.4, -0.2) is 21.5 Å². The Bertz CT molecular complexity index is 879. The molecule has 1 heterocycles. The maximum absolute atomic E-state index is 12.7. The van der Waals surface area contributed by atoms with Crippen LogP contribution in [0.25, 0.3) is 16.8 Å². The Balaban J connectivity index is 2.25. The zero-order valence-corrected chi connectivity index (χ0v) is 13.5. The monoisotopic (exact) mass is 309 g/mol. The fraction of sp³-hybridized carbons (Fsp3) is 0.222. The predicted octanol–water partition coefficient (Wildman–Crippen LogP) is 2.92. The van der Waals surface area contributed by atoms with Crippen LogP contribution in [0.4, 0.5) is 0 Å². The molecule has 118 valence electrons. The molecule has 3 aromatic rings. The van der Waals surface area contributed by atoms with Crippen molar-refractivity contribution in [2.45, 2.75) is 20.6 Å². The van der Waals surface area contributed by atoms with Crippen LogP contribution in [-0.2, 0) is 11.5 Å². The Labute approximate surface area is 134 Å². The van der Waals surface area contributed by atoms with E-state index in [4.69, 9.17) is 4.74 Å². The third kappa shape index (κ3) is 2.83. The number of nitrogens with zero attached hydrogens (tertiary/aromatic N) is 3. The van der Waals surface area contributed by atoms with E-state index in [1.54, 1.807) is 11.7 Å². The van der Waals surface area contributed by atoms with Crippen LogP contribution in [0.1, 0.15) is 11.4 Å². The number of rotatable bonds is 4. The van der Waals surface area contributed by atoms with Gasteiger partial charge in [0.05, 0.1) is 5.69 Å². The van der Waals surface area contributed by atoms with Crippen LogP contribution in [0.2, 0.25) is 0 Å². The van der Waals surface area contributed by atoms with E-state index >= 15 is 0 Å². The van der Waals surface area contributed by atoms with E-state index in [9.17, 15) is 4.79 Å². The number of methoxy groups -OCH3 is 1. The van der Waals surface area contributed by atoms with Gasteiger partial charge in [0.1, 0.15) is 12.6 Å². The van der Waals surface area contributed by atoms with Crippen molar-refractivity contribution in [1.29, 1.82) is 0 Å². The number of hydrogen-bond donors (Lipinski definition) is 0. The average Bonchev–Trinajstić information content (AvgIpc) is 2.82. The standard InChI is InChI=1S/C18H19N3O2/c1-13-9-10-16(15-7-5-4-6-8-15)17(11-13)21-14(2)19-20(12-23-3)18(21)22/h4-11H,12H2,1-3H3. The zero-order valence-electron chi connectivity index (χ0n) is 13.5. The predicted molar refractivity (Wildman–Crippen MR) is 89.7 cm³/mol. The van der Waals surface area contributed by atoms with Crippen molar-refractivity contribution in [1.82, 2.24) is 14.3 Å². The van der Waals surface area contributed by atoms with Crippen molar-refractivity contribution in [3.63, 3.8) is 0 Å². The fourth-order valence-corrected chi connectivity index (χ4v) is 2.69. The van der Waals surface area contributed by atoms with E-state index < -0.39 is 0 Å². The van der Waals surface area contributed by atoms with E-state index in [0.29, 0.717) is 5.82 Å². The first-order valence-electron chi connectivity index (χ1n) is 7.43. The Hall–Kier alpha value is -2.66. The van der Waals surface area contributed by atoms with E-state index in [2.05, 4.69) is 5.10 Å². The summed E-state index contributed by atoms with van der Waals surface area (Å²) in [5.74, 6) is 0.634. The second-order valence-corrected chi connectivity index (χ2v) is 5.47. The lowest BCUT2D eigenvalue weighted by atomic mass is 10.0. The van der Waals surface area contributed by atoms with Crippen molar-refractivity contribution in [3.05, 3.63) is 70.4 Å². The topological polar surface area (TPSA) is 49.0 Å². The van der Waals surface area contributed by atoms with Gasteiger partial charge in [-0.3, -0.25) is 0 Å². The van der Waals surface area contributed by atoms with Gasteiger partial charge in [0, 0.05) is 12.7 Å². The van der Waals surface area contributed by atoms with Gasteiger partial charge in [0.25, 0.3) is 0 Å². The van der Waals surface area contributed by atoms with Gasteiger partial charge in [-0.25, -0.2) is 9.36 Å². The molecule has 0 aliphatic heterocycles. The van der Waals surface area contributed by atoms with Crippen LogP contribution < -0.4 is 5.69 Å². The summed E-state index contributed by atoms with van der Waals surface area (Å²) in [6, 6.07) is 16.1. The second-order valence-electron chi connectivity index (χ2n) is 5.47. The highest BCUT2D eigenvalue weighted by Crippen LogP contribution is 2.27. The first kappa shape index (κ1) is 15.2. The largest absolute Gasteiger partial charge is 0.362 e. The van der Waals surface area contributed by atoms with E-state index in [1.165, 1.54) is 4.68 Å². The molecule has 0 N–H and O–H groups in total. The molecule has 0 unspecified atom stereocenters. The van der Waals surface area contributed by atoms with Gasteiger partial charge in [-0.1, -0.05) is 42.5 Å². The molecule has 2 aromatic carbocycles. The summed E-state index contributed by atoms with van der Waals surface area (Å²) < 4.78 is 8.00. The molecule has 23 heavy (non-hydrogen) atoms. The second kappa shape index (κ2) is 6.22. The molecule has 5 heteroatoms. The molecule has 0 saturated heterocycles. The normalized spacial score (nSPS) is 10.9. The zero-order chi connectivity index (χ0) is 16.4. The van der Waals surface area contributed by atoms with Crippen molar-refractivity contribution >= 4 is 0 Å². The highest BCUT2D eigenvalue weighted by Gasteiger charge is 2.15. The van der Waals surface area contributed by atoms with E-state index in [1.807, 2.05) is 62.4 Å². The minimum absolute atomic E-state index is 0.138. The Morgan fingerprint density at radius 1 is 1.09 bits per heavy atom. The molecule has 0 aliphatic carbocycles. The number of aryl methyl sites for hydroxylation is 2. The first-order chi connectivity index (χ1) is 11.1. The molecule has 0 bridgehead atoms. The summed E-state index contributed by atoms with van der Waals surface area (Å²) in [6.45, 7) is 3.97. The van der Waals surface area contributed by atoms with E-state index in [-0.39, 0.29) is 12.4 Å². The minimum Gasteiger partial charge on any atom is -0.362 e. The van der Waals surface area contributed by atoms with Gasteiger partial charge in [-0.05, 0) is 31.0 Å². The number of aromatic nitrogens is 3. The molecule has 0 saturated carbocycles. The fourth-order valence-electron chi connectivity index (χ4n) is 2.69. The number of hydrogen-bond acceptors (Lipinski definition) is 3. The molecule has 0 fully saturated rings. The summed E-state index contributed by atoms with van der Waals surface area (Å²) in [5, 5.41) is 4.28. The molecule has 1 aromatic heterocycles. The molecular weight excluding hydrogens is 290 g/mol. The van der Waals surface area contributed by atoms with Gasteiger partial charge in [0.15, 0.2) is 0 Å². The highest BCUT2D eigenvalue weighted by atomic mass is 16.5. The summed E-state index contributed by atoms with van der Waals surface area (Å²) in [4.78, 5) is 12.7. The highest BCUT2D eigenvalue weighted by molar-refractivity contribution is 5.73. The Morgan fingerprint density at radius 3 is 2.52 bits per heavy atom. The molecule has 0 radical (unpaired) electrons. The van der Waals surface area contributed by atoms with Gasteiger partial charge < -0.3 is 4.74 Å². The summed E-state index contributed by atoms with van der Waals surface area (Å²) in [7, 11) is 1.54. The first-order valence-corrected chi connectivity index (χ1v) is 7.43. The maximum atomic E-state index is 12.7. The van der Waals surface area contributed by atoms with Crippen molar-refractivity contribution in [2.24, 2.45) is 0 Å². The Morgan fingerprint density at radius 2 is 1.83 bits per heavy atom. The maximum Gasteiger partial charge on any atom is 0.352 e. The molecule has 3 rings (SSSR count). The van der Waals surface area contributed by atoms with Gasteiger partial charge in [0.2, 0.25) is 0 Å². The quantitative estimate of drug-likeness (QED) is 0.744. The molecule has 0 spiro atoms. The summed E-state index contributed by atoms with van der Waals surface area (Å²) in [6.07, 6.45) is 0. The lowest BCUT2D eigenvalue weighted by Crippen LogP contribution is -2.25. The van der Waals surface area contributed by atoms with E-state index in [0.717, 1.165) is 22.4 Å². The smallest absolute Gasteiger partial charge is 0.352 e. The lowest BCUT2D eigenvalue weighted by molar-refractivity contribution is 0.117. The molecular formula is C18H19N3O2. The van der Waals surface area contributed by atoms with Gasteiger partial charge in [-0.2, -0.15) is 9.78 Å². The molecule has 0 atom stereocenters. The summed E-state index contributed by atoms with van der Waals surface area (Å²) >= 11 is 0. The molecule has 0 aliphatic rings. The van der Waals surface area contributed by atoms with Crippen LogP contribution in [0.3, 0.4) is 0 Å². The average molecular weight is 309 g/mol. The van der Waals surface area contributed by atoms with Crippen LogP contribution >= 0.6 is 0 Å². The van der Waals surface area contributed by atoms with Crippen molar-refractivity contribution < 1.29 is 4.74 Å². The van der Waals surface area contributed by atoms with Crippen LogP contribution in [0.5, 0.6) is 0 Å². The Kier molecular flexibility index (Phi) is 4.12. The summed E-state index contributed by atoms with van der Waals surface area (Å²) in [5.41, 5.74) is 3.78. The van der Waals surface area contributed by atoms with Crippen molar-refractivity contribution in [3.8, 4) is 16.8 Å². The van der Waals surface area contributed by atoms with Gasteiger partial charge in [-0.15, -0.1) is 0 Å². The molecule has 0 amide bonds. The third-order valence-corrected chi connectivity index (χ3v) is 3.73. The molecule has 5 nitrogen and oxygen atoms in total. The van der Waals surface area contributed by atoms with Crippen LogP contribution in [0, 0.1) is 13.8 Å². The van der Waals surface area contributed by atoms with Crippen LogP contribution in [0.15, 0.2) is 53.3 Å². The lowest BCUT2D eigenvalue weighted by Gasteiger charge is -2.12. The van der Waals surface area contributed by atoms with Crippen molar-refractivity contribution in [2.75, 3.05) is 7.11 Å². The number of benzene rings is 2. The minimum atomic E-state index is -0.202. The SMILES string of the molecule is COCn1nc(C)n(-c2cc(C)ccc2-c2ccccc2)c1=O. The number of ether oxygens (including phenoxy) is 1. The van der Waals surface area contributed by atoms with Gasteiger partial charge >= 0.3 is 5.69 Å².